The second kappa shape index (κ2) is 5.61. The van der Waals surface area contributed by atoms with Crippen LogP contribution in [-0.2, 0) is 4.79 Å². The van der Waals surface area contributed by atoms with Crippen LogP contribution in [0.15, 0.2) is 22.7 Å². The van der Waals surface area contributed by atoms with Crippen molar-refractivity contribution in [1.29, 1.82) is 0 Å². The highest BCUT2D eigenvalue weighted by molar-refractivity contribution is 9.10. The Morgan fingerprint density at radius 3 is 2.44 bits per heavy atom. The molecule has 18 heavy (non-hydrogen) atoms. The van der Waals surface area contributed by atoms with Gasteiger partial charge >= 0.3 is 5.97 Å². The molecule has 0 aliphatic rings. The number of ketones is 1. The lowest BCUT2D eigenvalue weighted by Gasteiger charge is -2.21. The number of carbonyl (C=O) groups is 2. The average molecular weight is 317 g/mol. The zero-order valence-electron chi connectivity index (χ0n) is 10.2. The highest BCUT2D eigenvalue weighted by Crippen LogP contribution is 2.28. The SMILES string of the molecule is CC(C)(CC(=O)O)CC(=O)c1ccc(F)c(Br)c1. The van der Waals surface area contributed by atoms with Gasteiger partial charge in [0, 0.05) is 12.0 Å². The van der Waals surface area contributed by atoms with Gasteiger partial charge in [-0.2, -0.15) is 0 Å². The number of rotatable bonds is 5. The first-order chi connectivity index (χ1) is 8.21. The van der Waals surface area contributed by atoms with Crippen LogP contribution in [0.1, 0.15) is 37.0 Å². The summed E-state index contributed by atoms with van der Waals surface area (Å²) in [5.41, 5.74) is -0.245. The predicted octanol–water partition coefficient (Wildman–Crippen LogP) is 3.66. The Labute approximate surface area is 113 Å². The summed E-state index contributed by atoms with van der Waals surface area (Å²) in [5.74, 6) is -1.56. The molecule has 0 heterocycles. The van der Waals surface area contributed by atoms with Gasteiger partial charge in [-0.1, -0.05) is 13.8 Å². The number of aliphatic carboxylic acids is 1. The Morgan fingerprint density at radius 2 is 1.94 bits per heavy atom. The molecule has 0 bridgehead atoms. The van der Waals surface area contributed by atoms with Crippen LogP contribution < -0.4 is 0 Å². The van der Waals surface area contributed by atoms with Crippen molar-refractivity contribution in [1.82, 2.24) is 0 Å². The number of carboxylic acid groups (broad SMARTS) is 1. The largest absolute Gasteiger partial charge is 0.481 e. The number of carboxylic acids is 1. The minimum atomic E-state index is -0.937. The molecule has 0 radical (unpaired) electrons. The normalized spacial score (nSPS) is 11.3. The molecule has 0 aliphatic carbocycles. The Hall–Kier alpha value is -1.23. The molecule has 0 spiro atoms. The van der Waals surface area contributed by atoms with Gasteiger partial charge in [0.1, 0.15) is 5.82 Å². The number of hydrogen-bond acceptors (Lipinski definition) is 2. The Balaban J connectivity index is 2.82. The predicted molar refractivity (Wildman–Crippen MR) is 69.1 cm³/mol. The van der Waals surface area contributed by atoms with Gasteiger partial charge in [0.25, 0.3) is 0 Å². The lowest BCUT2D eigenvalue weighted by atomic mass is 9.82. The van der Waals surface area contributed by atoms with Crippen molar-refractivity contribution in [3.8, 4) is 0 Å². The maximum atomic E-state index is 13.0. The molecule has 1 aromatic rings. The molecule has 0 aromatic heterocycles. The molecular weight excluding hydrogens is 303 g/mol. The third-order valence-corrected chi connectivity index (χ3v) is 3.12. The summed E-state index contributed by atoms with van der Waals surface area (Å²) in [6.07, 6.45) is 0.0263. The van der Waals surface area contributed by atoms with Crippen LogP contribution in [0.25, 0.3) is 0 Å². The molecule has 0 atom stereocenters. The first kappa shape index (κ1) is 14.8. The van der Waals surface area contributed by atoms with E-state index < -0.39 is 17.2 Å². The Kier molecular flexibility index (Phi) is 4.62. The molecular formula is C13H14BrFO3. The lowest BCUT2D eigenvalue weighted by molar-refractivity contribution is -0.139. The summed E-state index contributed by atoms with van der Waals surface area (Å²) in [6, 6.07) is 4.02. The highest BCUT2D eigenvalue weighted by atomic mass is 79.9. The zero-order valence-corrected chi connectivity index (χ0v) is 11.8. The van der Waals surface area contributed by atoms with E-state index in [4.69, 9.17) is 5.11 Å². The van der Waals surface area contributed by atoms with Crippen LogP contribution in [0.5, 0.6) is 0 Å². The smallest absolute Gasteiger partial charge is 0.303 e. The molecule has 0 unspecified atom stereocenters. The molecule has 98 valence electrons. The first-order valence-electron chi connectivity index (χ1n) is 5.41. The van der Waals surface area contributed by atoms with Gasteiger partial charge in [-0.05, 0) is 39.5 Å². The summed E-state index contributed by atoms with van der Waals surface area (Å²) in [4.78, 5) is 22.6. The van der Waals surface area contributed by atoms with E-state index in [0.29, 0.717) is 5.56 Å². The zero-order chi connectivity index (χ0) is 13.9. The van der Waals surface area contributed by atoms with Gasteiger partial charge in [-0.3, -0.25) is 9.59 Å². The lowest BCUT2D eigenvalue weighted by Crippen LogP contribution is -2.21. The minimum absolute atomic E-state index is 0.0822. The number of hydrogen-bond donors (Lipinski definition) is 1. The molecule has 1 aromatic carbocycles. The molecule has 0 amide bonds. The maximum Gasteiger partial charge on any atom is 0.303 e. The molecule has 1 N–H and O–H groups in total. The van der Waals surface area contributed by atoms with Gasteiger partial charge in [-0.15, -0.1) is 0 Å². The number of carbonyl (C=O) groups excluding carboxylic acids is 1. The summed E-state index contributed by atoms with van der Waals surface area (Å²) >= 11 is 3.01. The monoisotopic (exact) mass is 316 g/mol. The van der Waals surface area contributed by atoms with E-state index in [2.05, 4.69) is 15.9 Å². The molecule has 0 saturated carbocycles. The van der Waals surface area contributed by atoms with Crippen molar-refractivity contribution in [3.63, 3.8) is 0 Å². The highest BCUT2D eigenvalue weighted by Gasteiger charge is 2.25. The second-order valence-electron chi connectivity index (χ2n) is 4.96. The van der Waals surface area contributed by atoms with E-state index in [-0.39, 0.29) is 23.1 Å². The molecule has 0 saturated heterocycles. The van der Waals surface area contributed by atoms with Crippen LogP contribution in [0.3, 0.4) is 0 Å². The van der Waals surface area contributed by atoms with Crippen molar-refractivity contribution >= 4 is 27.7 Å². The molecule has 0 fully saturated rings. The number of Topliss-reactive ketones (excluding diaryl/α,β-unsaturated/α-hetero) is 1. The van der Waals surface area contributed by atoms with Crippen LogP contribution in [-0.4, -0.2) is 16.9 Å². The second-order valence-corrected chi connectivity index (χ2v) is 5.82. The van der Waals surface area contributed by atoms with Gasteiger partial charge in [0.15, 0.2) is 5.78 Å². The Morgan fingerprint density at radius 1 is 1.33 bits per heavy atom. The summed E-state index contributed by atoms with van der Waals surface area (Å²) in [7, 11) is 0. The van der Waals surface area contributed by atoms with E-state index in [9.17, 15) is 14.0 Å². The molecule has 5 heteroatoms. The van der Waals surface area contributed by atoms with Crippen molar-refractivity contribution in [2.24, 2.45) is 5.41 Å². The standard InChI is InChI=1S/C13H14BrFO3/c1-13(2,7-12(17)18)6-11(16)8-3-4-10(15)9(14)5-8/h3-5H,6-7H2,1-2H3,(H,17,18). The van der Waals surface area contributed by atoms with Crippen LogP contribution in [0.2, 0.25) is 0 Å². The maximum absolute atomic E-state index is 13.0. The average Bonchev–Trinajstić information content (AvgIpc) is 2.19. The van der Waals surface area contributed by atoms with Crippen LogP contribution in [0, 0.1) is 11.2 Å². The van der Waals surface area contributed by atoms with Gasteiger partial charge < -0.3 is 5.11 Å². The van der Waals surface area contributed by atoms with Crippen LogP contribution >= 0.6 is 15.9 Å². The van der Waals surface area contributed by atoms with E-state index in [1.165, 1.54) is 18.2 Å². The molecule has 1 rings (SSSR count). The third-order valence-electron chi connectivity index (χ3n) is 2.51. The van der Waals surface area contributed by atoms with E-state index >= 15 is 0 Å². The summed E-state index contributed by atoms with van der Waals surface area (Å²) in [5, 5.41) is 8.74. The van der Waals surface area contributed by atoms with Crippen molar-refractivity contribution in [2.45, 2.75) is 26.7 Å². The van der Waals surface area contributed by atoms with E-state index in [1.807, 2.05) is 0 Å². The quantitative estimate of drug-likeness (QED) is 0.843. The fourth-order valence-corrected chi connectivity index (χ4v) is 2.06. The van der Waals surface area contributed by atoms with Gasteiger partial charge in [-0.25, -0.2) is 4.39 Å². The third kappa shape index (κ3) is 4.22. The minimum Gasteiger partial charge on any atom is -0.481 e. The first-order valence-corrected chi connectivity index (χ1v) is 6.21. The van der Waals surface area contributed by atoms with Crippen molar-refractivity contribution in [3.05, 3.63) is 34.1 Å². The van der Waals surface area contributed by atoms with Gasteiger partial charge in [0.05, 0.1) is 10.9 Å². The van der Waals surface area contributed by atoms with E-state index in [1.54, 1.807) is 13.8 Å². The number of halogens is 2. The summed E-state index contributed by atoms with van der Waals surface area (Å²) < 4.78 is 13.3. The van der Waals surface area contributed by atoms with E-state index in [0.717, 1.165) is 0 Å². The molecule has 0 aliphatic heterocycles. The van der Waals surface area contributed by atoms with Crippen LogP contribution in [0.4, 0.5) is 4.39 Å². The fourth-order valence-electron chi connectivity index (χ4n) is 1.68. The van der Waals surface area contributed by atoms with Crippen molar-refractivity contribution < 1.29 is 19.1 Å². The fraction of sp³-hybridized carbons (Fsp3) is 0.385. The van der Waals surface area contributed by atoms with Gasteiger partial charge in [0.2, 0.25) is 0 Å². The molecule has 3 nitrogen and oxygen atoms in total. The van der Waals surface area contributed by atoms with Crippen molar-refractivity contribution in [2.75, 3.05) is 0 Å². The summed E-state index contributed by atoms with van der Waals surface area (Å²) in [6.45, 7) is 3.44. The number of benzene rings is 1. The Bertz CT molecular complexity index is 483. The topological polar surface area (TPSA) is 54.4 Å².